The van der Waals surface area contributed by atoms with Gasteiger partial charge in [-0.25, -0.2) is 0 Å². The Balaban J connectivity index is 2.17. The summed E-state index contributed by atoms with van der Waals surface area (Å²) in [6.07, 6.45) is 2.40. The summed E-state index contributed by atoms with van der Waals surface area (Å²) in [6.45, 7) is 6.32. The lowest BCUT2D eigenvalue weighted by molar-refractivity contribution is 0.0758. The van der Waals surface area contributed by atoms with Crippen molar-refractivity contribution in [3.8, 4) is 5.75 Å². The third kappa shape index (κ3) is 6.25. The van der Waals surface area contributed by atoms with Gasteiger partial charge in [-0.2, -0.15) is 0 Å². The van der Waals surface area contributed by atoms with Gasteiger partial charge in [0, 0.05) is 12.2 Å². The highest BCUT2D eigenvalue weighted by Gasteiger charge is 2.01. The third-order valence-corrected chi connectivity index (χ3v) is 2.85. The van der Waals surface area contributed by atoms with Gasteiger partial charge < -0.3 is 15.2 Å². The Morgan fingerprint density at radius 3 is 2.53 bits per heavy atom. The Labute approximate surface area is 115 Å². The SMILES string of the molecule is CCCC(C)COCCOc1ccc(C(=N)N)cc1. The van der Waals surface area contributed by atoms with Crippen LogP contribution in [0.15, 0.2) is 24.3 Å². The minimum Gasteiger partial charge on any atom is -0.491 e. The van der Waals surface area contributed by atoms with E-state index in [0.29, 0.717) is 24.7 Å². The van der Waals surface area contributed by atoms with Crippen LogP contribution < -0.4 is 10.5 Å². The summed E-state index contributed by atoms with van der Waals surface area (Å²) < 4.78 is 11.1. The number of nitrogens with two attached hydrogens (primary N) is 1. The van der Waals surface area contributed by atoms with Crippen LogP contribution in [0.1, 0.15) is 32.3 Å². The summed E-state index contributed by atoms with van der Waals surface area (Å²) in [7, 11) is 0. The zero-order chi connectivity index (χ0) is 14.1. The van der Waals surface area contributed by atoms with Crippen LogP contribution in [0.5, 0.6) is 5.75 Å². The molecule has 1 rings (SSSR count). The quantitative estimate of drug-likeness (QED) is 0.409. The van der Waals surface area contributed by atoms with Crippen molar-refractivity contribution in [3.05, 3.63) is 29.8 Å². The molecule has 1 atom stereocenters. The van der Waals surface area contributed by atoms with Crippen molar-refractivity contribution in [1.29, 1.82) is 5.41 Å². The molecule has 0 aliphatic heterocycles. The van der Waals surface area contributed by atoms with Crippen LogP contribution >= 0.6 is 0 Å². The van der Waals surface area contributed by atoms with Crippen LogP contribution in [0.3, 0.4) is 0 Å². The monoisotopic (exact) mass is 264 g/mol. The van der Waals surface area contributed by atoms with Gasteiger partial charge in [-0.05, 0) is 36.6 Å². The van der Waals surface area contributed by atoms with Gasteiger partial charge in [0.05, 0.1) is 6.61 Å². The Bertz CT molecular complexity index is 376. The Morgan fingerprint density at radius 1 is 1.26 bits per heavy atom. The van der Waals surface area contributed by atoms with E-state index in [2.05, 4.69) is 13.8 Å². The molecule has 0 heterocycles. The van der Waals surface area contributed by atoms with E-state index in [1.165, 1.54) is 12.8 Å². The average Bonchev–Trinajstić information content (AvgIpc) is 2.39. The van der Waals surface area contributed by atoms with E-state index in [0.717, 1.165) is 12.4 Å². The number of hydrogen-bond acceptors (Lipinski definition) is 3. The lowest BCUT2D eigenvalue weighted by Gasteiger charge is -2.11. The van der Waals surface area contributed by atoms with Crippen LogP contribution in [0.2, 0.25) is 0 Å². The fourth-order valence-corrected chi connectivity index (χ4v) is 1.81. The summed E-state index contributed by atoms with van der Waals surface area (Å²) >= 11 is 0. The maximum atomic E-state index is 7.29. The molecule has 0 bridgehead atoms. The van der Waals surface area contributed by atoms with Crippen molar-refractivity contribution in [1.82, 2.24) is 0 Å². The van der Waals surface area contributed by atoms with Crippen LogP contribution in [-0.4, -0.2) is 25.7 Å². The molecule has 0 aromatic heterocycles. The minimum atomic E-state index is 0.0693. The number of ether oxygens (including phenoxy) is 2. The smallest absolute Gasteiger partial charge is 0.122 e. The second-order valence-corrected chi connectivity index (χ2v) is 4.76. The molecule has 1 aromatic carbocycles. The topological polar surface area (TPSA) is 68.3 Å². The molecular formula is C15H24N2O2. The first kappa shape index (κ1) is 15.5. The van der Waals surface area contributed by atoms with Crippen molar-refractivity contribution >= 4 is 5.84 Å². The average molecular weight is 264 g/mol. The standard InChI is InChI=1S/C15H24N2O2/c1-3-4-12(2)11-18-9-10-19-14-7-5-13(6-8-14)15(16)17/h5-8,12H,3-4,9-11H2,1-2H3,(H3,16,17). The Kier molecular flexibility index (Phi) is 6.97. The fourth-order valence-electron chi connectivity index (χ4n) is 1.81. The molecule has 1 aromatic rings. The highest BCUT2D eigenvalue weighted by atomic mass is 16.5. The van der Waals surface area contributed by atoms with Gasteiger partial charge in [0.15, 0.2) is 0 Å². The molecule has 0 spiro atoms. The summed E-state index contributed by atoms with van der Waals surface area (Å²) in [6, 6.07) is 7.19. The molecule has 0 radical (unpaired) electrons. The molecule has 0 saturated heterocycles. The predicted molar refractivity (Wildman–Crippen MR) is 77.8 cm³/mol. The molecule has 0 aliphatic rings. The number of rotatable bonds is 9. The molecule has 0 fully saturated rings. The van der Waals surface area contributed by atoms with Crippen molar-refractivity contribution in [2.45, 2.75) is 26.7 Å². The van der Waals surface area contributed by atoms with Crippen LogP contribution in [0.25, 0.3) is 0 Å². The molecule has 3 N–H and O–H groups in total. The molecule has 0 saturated carbocycles. The predicted octanol–water partition coefficient (Wildman–Crippen LogP) is 2.80. The first-order valence-electron chi connectivity index (χ1n) is 6.78. The number of hydrogen-bond donors (Lipinski definition) is 2. The van der Waals surface area contributed by atoms with Gasteiger partial charge in [-0.3, -0.25) is 5.41 Å². The van der Waals surface area contributed by atoms with E-state index in [1.54, 1.807) is 12.1 Å². The molecular weight excluding hydrogens is 240 g/mol. The summed E-state index contributed by atoms with van der Waals surface area (Å²) in [5.74, 6) is 1.45. The van der Waals surface area contributed by atoms with Gasteiger partial charge in [-0.15, -0.1) is 0 Å². The second-order valence-electron chi connectivity index (χ2n) is 4.76. The number of amidine groups is 1. The first-order valence-corrected chi connectivity index (χ1v) is 6.78. The molecule has 19 heavy (non-hydrogen) atoms. The van der Waals surface area contributed by atoms with Gasteiger partial charge in [-0.1, -0.05) is 20.3 Å². The van der Waals surface area contributed by atoms with Crippen LogP contribution in [-0.2, 0) is 4.74 Å². The maximum absolute atomic E-state index is 7.29. The summed E-state index contributed by atoms with van der Waals surface area (Å²) in [5.41, 5.74) is 6.08. The van der Waals surface area contributed by atoms with Crippen LogP contribution in [0.4, 0.5) is 0 Å². The van der Waals surface area contributed by atoms with E-state index in [-0.39, 0.29) is 5.84 Å². The number of nitrogen functional groups attached to an aromatic ring is 1. The van der Waals surface area contributed by atoms with E-state index in [9.17, 15) is 0 Å². The van der Waals surface area contributed by atoms with E-state index < -0.39 is 0 Å². The zero-order valence-electron chi connectivity index (χ0n) is 11.8. The first-order chi connectivity index (χ1) is 9.13. The number of nitrogens with one attached hydrogen (secondary N) is 1. The molecule has 4 nitrogen and oxygen atoms in total. The third-order valence-electron chi connectivity index (χ3n) is 2.85. The van der Waals surface area contributed by atoms with Gasteiger partial charge in [0.25, 0.3) is 0 Å². The Hall–Kier alpha value is -1.55. The molecule has 4 heteroatoms. The minimum absolute atomic E-state index is 0.0693. The van der Waals surface area contributed by atoms with Gasteiger partial charge in [0.1, 0.15) is 18.2 Å². The highest BCUT2D eigenvalue weighted by molar-refractivity contribution is 5.94. The highest BCUT2D eigenvalue weighted by Crippen LogP contribution is 2.11. The van der Waals surface area contributed by atoms with Gasteiger partial charge in [0.2, 0.25) is 0 Å². The lowest BCUT2D eigenvalue weighted by Crippen LogP contribution is -2.12. The largest absolute Gasteiger partial charge is 0.491 e. The zero-order valence-corrected chi connectivity index (χ0v) is 11.8. The lowest BCUT2D eigenvalue weighted by atomic mass is 10.1. The number of benzene rings is 1. The summed E-state index contributed by atoms with van der Waals surface area (Å²) in [4.78, 5) is 0. The Morgan fingerprint density at radius 2 is 1.95 bits per heavy atom. The van der Waals surface area contributed by atoms with Crippen LogP contribution in [0, 0.1) is 11.3 Å². The van der Waals surface area contributed by atoms with Crippen molar-refractivity contribution in [2.75, 3.05) is 19.8 Å². The van der Waals surface area contributed by atoms with Crippen molar-refractivity contribution in [3.63, 3.8) is 0 Å². The van der Waals surface area contributed by atoms with E-state index >= 15 is 0 Å². The second kappa shape index (κ2) is 8.53. The molecule has 0 aliphatic carbocycles. The normalized spacial score (nSPS) is 12.1. The van der Waals surface area contributed by atoms with E-state index in [4.69, 9.17) is 20.6 Å². The maximum Gasteiger partial charge on any atom is 0.122 e. The van der Waals surface area contributed by atoms with Crippen molar-refractivity contribution in [2.24, 2.45) is 11.7 Å². The van der Waals surface area contributed by atoms with E-state index in [1.807, 2.05) is 12.1 Å². The fraction of sp³-hybridized carbons (Fsp3) is 0.533. The molecule has 0 amide bonds. The molecule has 106 valence electrons. The summed E-state index contributed by atoms with van der Waals surface area (Å²) in [5, 5.41) is 7.29. The molecule has 1 unspecified atom stereocenters. The van der Waals surface area contributed by atoms with Gasteiger partial charge >= 0.3 is 0 Å². The van der Waals surface area contributed by atoms with Crippen molar-refractivity contribution < 1.29 is 9.47 Å².